The minimum atomic E-state index is -0.870. The summed E-state index contributed by atoms with van der Waals surface area (Å²) in [4.78, 5) is 19.8. The number of carboxylic acids is 2. The van der Waals surface area contributed by atoms with Crippen LogP contribution in [0.1, 0.15) is 39.0 Å². The van der Waals surface area contributed by atoms with Gasteiger partial charge in [-0.3, -0.25) is 9.59 Å². The van der Waals surface area contributed by atoms with Gasteiger partial charge in [0, 0.05) is 19.4 Å². The van der Waals surface area contributed by atoms with E-state index in [0.717, 1.165) is 13.0 Å². The second-order valence-electron chi connectivity index (χ2n) is 3.94. The van der Waals surface area contributed by atoms with Crippen LogP contribution in [0, 0.1) is 0 Å². The zero-order chi connectivity index (χ0) is 15.6. The lowest BCUT2D eigenvalue weighted by molar-refractivity contribution is -0.139. The summed E-state index contributed by atoms with van der Waals surface area (Å²) in [5.41, 5.74) is 0. The van der Waals surface area contributed by atoms with E-state index in [9.17, 15) is 9.59 Å². The Hall–Kier alpha value is -1.18. The fraction of sp³-hybridized carbons (Fsp3) is 0.846. The summed E-state index contributed by atoms with van der Waals surface area (Å²) in [7, 11) is 0. The van der Waals surface area contributed by atoms with Crippen molar-refractivity contribution in [2.45, 2.75) is 39.0 Å². The fourth-order valence-corrected chi connectivity index (χ4v) is 1.08. The van der Waals surface area contributed by atoms with Crippen molar-refractivity contribution >= 4 is 11.9 Å². The monoisotopic (exact) mass is 294 g/mol. The topological polar surface area (TPSA) is 113 Å². The highest BCUT2D eigenvalue weighted by atomic mass is 16.5. The Morgan fingerprint density at radius 3 is 1.65 bits per heavy atom. The van der Waals surface area contributed by atoms with Crippen LogP contribution in [0.25, 0.3) is 0 Å². The molecular weight excluding hydrogens is 268 g/mol. The summed E-state index contributed by atoms with van der Waals surface area (Å²) in [5.74, 6) is -1.74. The first-order chi connectivity index (χ1) is 9.54. The van der Waals surface area contributed by atoms with Gasteiger partial charge in [-0.15, -0.1) is 0 Å². The molecule has 0 aromatic rings. The SMILES string of the molecule is CCCOCCOCCO.O=C(O)CCCCC(=O)O. The van der Waals surface area contributed by atoms with E-state index in [0.29, 0.717) is 32.7 Å². The highest BCUT2D eigenvalue weighted by Gasteiger charge is 1.99. The molecule has 0 fully saturated rings. The molecule has 20 heavy (non-hydrogen) atoms. The molecule has 0 radical (unpaired) electrons. The lowest BCUT2D eigenvalue weighted by Gasteiger charge is -2.02. The Bertz CT molecular complexity index is 207. The van der Waals surface area contributed by atoms with Gasteiger partial charge in [0.1, 0.15) is 0 Å². The molecule has 0 rings (SSSR count). The molecule has 0 aromatic heterocycles. The maximum Gasteiger partial charge on any atom is 0.303 e. The number of carbonyl (C=O) groups is 2. The second-order valence-corrected chi connectivity index (χ2v) is 3.94. The number of ether oxygens (including phenoxy) is 2. The van der Waals surface area contributed by atoms with Gasteiger partial charge in [0.15, 0.2) is 0 Å². The third-order valence-corrected chi connectivity index (χ3v) is 1.99. The van der Waals surface area contributed by atoms with Crippen LogP contribution in [-0.4, -0.2) is 60.3 Å². The molecule has 0 saturated heterocycles. The van der Waals surface area contributed by atoms with E-state index in [1.807, 2.05) is 0 Å². The van der Waals surface area contributed by atoms with Crippen LogP contribution >= 0.6 is 0 Å². The predicted octanol–water partition coefficient (Wildman–Crippen LogP) is 1.14. The quantitative estimate of drug-likeness (QED) is 0.462. The van der Waals surface area contributed by atoms with Crippen molar-refractivity contribution in [1.29, 1.82) is 0 Å². The van der Waals surface area contributed by atoms with Crippen molar-refractivity contribution in [3.8, 4) is 0 Å². The average molecular weight is 294 g/mol. The van der Waals surface area contributed by atoms with E-state index in [2.05, 4.69) is 6.92 Å². The summed E-state index contributed by atoms with van der Waals surface area (Å²) < 4.78 is 10.1. The molecule has 0 aliphatic rings. The summed E-state index contributed by atoms with van der Waals surface area (Å²) >= 11 is 0. The van der Waals surface area contributed by atoms with Crippen LogP contribution in [0.2, 0.25) is 0 Å². The first kappa shape index (κ1) is 21.1. The summed E-state index contributed by atoms with van der Waals surface area (Å²) in [5, 5.41) is 24.6. The Kier molecular flexibility index (Phi) is 18.8. The van der Waals surface area contributed by atoms with Crippen molar-refractivity contribution in [2.24, 2.45) is 0 Å². The minimum Gasteiger partial charge on any atom is -0.481 e. The number of aliphatic hydroxyl groups is 1. The van der Waals surface area contributed by atoms with Crippen molar-refractivity contribution in [3.63, 3.8) is 0 Å². The zero-order valence-electron chi connectivity index (χ0n) is 12.0. The molecule has 0 atom stereocenters. The normalized spacial score (nSPS) is 9.70. The van der Waals surface area contributed by atoms with Gasteiger partial charge < -0.3 is 24.8 Å². The van der Waals surface area contributed by atoms with E-state index >= 15 is 0 Å². The standard InChI is InChI=1S/C7H16O3.C6H10O4/c1-2-4-9-6-7-10-5-3-8;7-5(8)3-1-2-4-6(9)10/h8H,2-7H2,1H3;1-4H2,(H,7,8)(H,9,10). The molecule has 0 unspecified atom stereocenters. The van der Waals surface area contributed by atoms with Crippen LogP contribution in [0.3, 0.4) is 0 Å². The Labute approximate surface area is 119 Å². The second kappa shape index (κ2) is 17.8. The number of unbranched alkanes of at least 4 members (excludes halogenated alkanes) is 1. The molecule has 0 aliphatic carbocycles. The molecule has 7 nitrogen and oxygen atoms in total. The number of aliphatic hydroxyl groups excluding tert-OH is 1. The number of aliphatic carboxylic acids is 2. The van der Waals surface area contributed by atoms with Gasteiger partial charge in [-0.1, -0.05) is 6.92 Å². The third kappa shape index (κ3) is 25.6. The molecule has 0 saturated carbocycles. The molecule has 0 heterocycles. The average Bonchev–Trinajstić information content (AvgIpc) is 2.39. The van der Waals surface area contributed by atoms with Crippen LogP contribution in [0.5, 0.6) is 0 Å². The Balaban J connectivity index is 0. The molecule has 0 aromatic carbocycles. The molecule has 0 amide bonds. The lowest BCUT2D eigenvalue weighted by Crippen LogP contribution is -2.07. The maximum absolute atomic E-state index is 9.90. The molecular formula is C13H26O7. The first-order valence-corrected chi connectivity index (χ1v) is 6.74. The minimum absolute atomic E-state index is 0.0628. The van der Waals surface area contributed by atoms with Crippen molar-refractivity contribution in [2.75, 3.05) is 33.0 Å². The predicted molar refractivity (Wildman–Crippen MR) is 72.8 cm³/mol. The molecule has 0 spiro atoms. The summed E-state index contributed by atoms with van der Waals surface area (Å²) in [6.07, 6.45) is 2.06. The van der Waals surface area contributed by atoms with Crippen LogP contribution in [-0.2, 0) is 19.1 Å². The van der Waals surface area contributed by atoms with E-state index in [1.165, 1.54) is 0 Å². The Morgan fingerprint density at radius 1 is 0.850 bits per heavy atom. The van der Waals surface area contributed by atoms with E-state index < -0.39 is 11.9 Å². The van der Waals surface area contributed by atoms with Gasteiger partial charge >= 0.3 is 11.9 Å². The largest absolute Gasteiger partial charge is 0.481 e. The molecule has 7 heteroatoms. The van der Waals surface area contributed by atoms with E-state index in [4.69, 9.17) is 24.8 Å². The molecule has 120 valence electrons. The maximum atomic E-state index is 9.90. The van der Waals surface area contributed by atoms with Crippen LogP contribution < -0.4 is 0 Å². The number of hydrogen-bond acceptors (Lipinski definition) is 5. The smallest absolute Gasteiger partial charge is 0.303 e. The van der Waals surface area contributed by atoms with Gasteiger partial charge in [0.2, 0.25) is 0 Å². The number of rotatable bonds is 12. The van der Waals surface area contributed by atoms with Gasteiger partial charge in [-0.05, 0) is 19.3 Å². The molecule has 3 N–H and O–H groups in total. The van der Waals surface area contributed by atoms with Crippen molar-refractivity contribution in [1.82, 2.24) is 0 Å². The van der Waals surface area contributed by atoms with Gasteiger partial charge in [-0.25, -0.2) is 0 Å². The van der Waals surface area contributed by atoms with Gasteiger partial charge in [0.25, 0.3) is 0 Å². The highest BCUT2D eigenvalue weighted by molar-refractivity contribution is 5.67. The van der Waals surface area contributed by atoms with E-state index in [1.54, 1.807) is 0 Å². The highest BCUT2D eigenvalue weighted by Crippen LogP contribution is 1.98. The fourth-order valence-electron chi connectivity index (χ4n) is 1.08. The zero-order valence-corrected chi connectivity index (χ0v) is 12.0. The van der Waals surface area contributed by atoms with Crippen molar-refractivity contribution in [3.05, 3.63) is 0 Å². The number of carboxylic acid groups (broad SMARTS) is 2. The Morgan fingerprint density at radius 2 is 1.30 bits per heavy atom. The third-order valence-electron chi connectivity index (χ3n) is 1.99. The van der Waals surface area contributed by atoms with Crippen molar-refractivity contribution < 1.29 is 34.4 Å². The first-order valence-electron chi connectivity index (χ1n) is 6.74. The van der Waals surface area contributed by atoms with Crippen LogP contribution in [0.4, 0.5) is 0 Å². The lowest BCUT2D eigenvalue weighted by atomic mass is 10.2. The summed E-state index contributed by atoms with van der Waals surface area (Å²) in [6, 6.07) is 0. The molecule has 0 aliphatic heterocycles. The van der Waals surface area contributed by atoms with Crippen LogP contribution in [0.15, 0.2) is 0 Å². The van der Waals surface area contributed by atoms with Gasteiger partial charge in [0.05, 0.1) is 26.4 Å². The molecule has 0 bridgehead atoms. The van der Waals surface area contributed by atoms with E-state index in [-0.39, 0.29) is 19.4 Å². The van der Waals surface area contributed by atoms with Gasteiger partial charge in [-0.2, -0.15) is 0 Å². The number of hydrogen-bond donors (Lipinski definition) is 3. The summed E-state index contributed by atoms with van der Waals surface area (Å²) in [6.45, 7) is 4.58.